The van der Waals surface area contributed by atoms with Crippen molar-refractivity contribution >= 4 is 11.9 Å². The van der Waals surface area contributed by atoms with Crippen LogP contribution in [-0.4, -0.2) is 27.9 Å². The predicted molar refractivity (Wildman–Crippen MR) is 21.8 cm³/mol. The van der Waals surface area contributed by atoms with Gasteiger partial charge in [-0.1, -0.05) is 0 Å². The molecule has 0 fully saturated rings. The van der Waals surface area contributed by atoms with E-state index in [0.717, 1.165) is 0 Å². The second-order valence-electron chi connectivity index (χ2n) is 1.65. The maximum atomic E-state index is 9.65. The summed E-state index contributed by atoms with van der Waals surface area (Å²) in [6, 6.07) is 0. The molecule has 0 atom stereocenters. The van der Waals surface area contributed by atoms with Gasteiger partial charge in [0, 0.05) is 12.4 Å². The first kappa shape index (κ1) is 18.6. The van der Waals surface area contributed by atoms with E-state index in [2.05, 4.69) is 0 Å². The second-order valence-corrected chi connectivity index (χ2v) is 1.65. The zero-order chi connectivity index (χ0) is 8.36. The average molecular weight is 194 g/mol. The van der Waals surface area contributed by atoms with Gasteiger partial charge in [-0.25, -0.2) is 0 Å². The maximum Gasteiger partial charge on any atom is 1.00 e. The summed E-state index contributed by atoms with van der Waals surface area (Å²) >= 11 is 0. The van der Waals surface area contributed by atoms with Gasteiger partial charge in [0.1, 0.15) is 5.97 Å². The first-order chi connectivity index (χ1) is 4.36. The van der Waals surface area contributed by atoms with Crippen LogP contribution in [0.25, 0.3) is 0 Å². The van der Waals surface area contributed by atoms with Crippen LogP contribution in [0, 0.1) is 0 Å². The molecule has 0 aliphatic heterocycles. The SMILES string of the molecule is O=C([O-])CC(O)(O)C(=O)[O-].[Na+].[Na+]. The molecular formula is C4H4Na2O6. The minimum atomic E-state index is -3.33. The molecule has 0 aliphatic carbocycles. The van der Waals surface area contributed by atoms with Gasteiger partial charge >= 0.3 is 59.1 Å². The van der Waals surface area contributed by atoms with Crippen LogP contribution in [0.3, 0.4) is 0 Å². The number of hydrogen-bond donors (Lipinski definition) is 2. The molecule has 0 amide bonds. The molecule has 0 aliphatic rings. The predicted octanol–water partition coefficient (Wildman–Crippen LogP) is -10.4. The molecule has 0 saturated heterocycles. The van der Waals surface area contributed by atoms with Gasteiger partial charge in [-0.05, 0) is 0 Å². The summed E-state index contributed by atoms with van der Waals surface area (Å²) in [5, 5.41) is 35.7. The molecule has 0 unspecified atom stereocenters. The number of rotatable bonds is 3. The van der Waals surface area contributed by atoms with Crippen LogP contribution < -0.4 is 69.3 Å². The van der Waals surface area contributed by atoms with Crippen molar-refractivity contribution in [3.05, 3.63) is 0 Å². The molecule has 12 heavy (non-hydrogen) atoms. The van der Waals surface area contributed by atoms with Crippen molar-refractivity contribution in [3.8, 4) is 0 Å². The first-order valence-electron chi connectivity index (χ1n) is 2.22. The molecule has 58 valence electrons. The van der Waals surface area contributed by atoms with Crippen LogP contribution in [-0.2, 0) is 9.59 Å². The summed E-state index contributed by atoms with van der Waals surface area (Å²) in [6.45, 7) is 0. The molecule has 0 heterocycles. The maximum absolute atomic E-state index is 9.65. The van der Waals surface area contributed by atoms with Crippen molar-refractivity contribution in [2.45, 2.75) is 12.2 Å². The second kappa shape index (κ2) is 7.28. The topological polar surface area (TPSA) is 121 Å². The van der Waals surface area contributed by atoms with Crippen molar-refractivity contribution < 1.29 is 89.1 Å². The molecule has 8 heteroatoms. The van der Waals surface area contributed by atoms with E-state index in [1.165, 1.54) is 0 Å². The van der Waals surface area contributed by atoms with E-state index in [1.807, 2.05) is 0 Å². The number of aliphatic carboxylic acids is 2. The molecule has 2 N–H and O–H groups in total. The largest absolute Gasteiger partial charge is 1.00 e. The minimum Gasteiger partial charge on any atom is -0.550 e. The number of hydrogen-bond acceptors (Lipinski definition) is 6. The number of carbonyl (C=O) groups is 2. The number of aliphatic hydroxyl groups is 2. The Balaban J connectivity index is -0.000000405. The monoisotopic (exact) mass is 194 g/mol. The summed E-state index contributed by atoms with van der Waals surface area (Å²) in [6.07, 6.45) is -1.41. The van der Waals surface area contributed by atoms with E-state index in [4.69, 9.17) is 10.2 Å². The molecular weight excluding hydrogens is 190 g/mol. The standard InChI is InChI=1S/C4H6O6.2Na/c5-2(6)1-4(9,10)3(7)8;;/h9-10H,1H2,(H,5,6)(H,7,8);;/q;2*+1/p-2. The number of carboxylic acid groups (broad SMARTS) is 2. The van der Waals surface area contributed by atoms with Gasteiger partial charge in [0.05, 0.1) is 0 Å². The summed E-state index contributed by atoms with van der Waals surface area (Å²) in [7, 11) is 0. The molecule has 6 nitrogen and oxygen atoms in total. The van der Waals surface area contributed by atoms with Crippen LogP contribution >= 0.6 is 0 Å². The van der Waals surface area contributed by atoms with Gasteiger partial charge in [0.2, 0.25) is 5.79 Å². The van der Waals surface area contributed by atoms with Crippen LogP contribution in [0.15, 0.2) is 0 Å². The Hall–Kier alpha value is 0.860. The Morgan fingerprint density at radius 2 is 1.50 bits per heavy atom. The third-order valence-electron chi connectivity index (χ3n) is 0.718. The summed E-state index contributed by atoms with van der Waals surface area (Å²) in [4.78, 5) is 19.3. The van der Waals surface area contributed by atoms with E-state index in [0.29, 0.717) is 0 Å². The van der Waals surface area contributed by atoms with Gasteiger partial charge in [0.25, 0.3) is 0 Å². The van der Waals surface area contributed by atoms with Gasteiger partial charge in [0.15, 0.2) is 0 Å². The Morgan fingerprint density at radius 3 is 1.58 bits per heavy atom. The van der Waals surface area contributed by atoms with Crippen molar-refractivity contribution in [1.29, 1.82) is 0 Å². The Bertz CT molecular complexity index is 167. The van der Waals surface area contributed by atoms with Crippen LogP contribution in [0.5, 0.6) is 0 Å². The van der Waals surface area contributed by atoms with Crippen molar-refractivity contribution in [3.63, 3.8) is 0 Å². The van der Waals surface area contributed by atoms with E-state index < -0.39 is 24.1 Å². The van der Waals surface area contributed by atoms with Crippen molar-refractivity contribution in [2.24, 2.45) is 0 Å². The van der Waals surface area contributed by atoms with E-state index in [1.54, 1.807) is 0 Å². The third kappa shape index (κ3) is 7.51. The van der Waals surface area contributed by atoms with Gasteiger partial charge in [-0.2, -0.15) is 0 Å². The number of carbonyl (C=O) groups excluding carboxylic acids is 2. The molecule has 0 aromatic carbocycles. The normalized spacial score (nSPS) is 9.17. The summed E-state index contributed by atoms with van der Waals surface area (Å²) < 4.78 is 0. The fourth-order valence-corrected chi connectivity index (χ4v) is 0.273. The molecule has 0 saturated carbocycles. The zero-order valence-electron chi connectivity index (χ0n) is 6.73. The fourth-order valence-electron chi connectivity index (χ4n) is 0.273. The van der Waals surface area contributed by atoms with Crippen LogP contribution in [0.2, 0.25) is 0 Å². The van der Waals surface area contributed by atoms with E-state index in [-0.39, 0.29) is 59.1 Å². The Labute approximate surface area is 112 Å². The smallest absolute Gasteiger partial charge is 0.550 e. The van der Waals surface area contributed by atoms with Crippen molar-refractivity contribution in [1.82, 2.24) is 0 Å². The Kier molecular flexibility index (Phi) is 11.3. The average Bonchev–Trinajstić information content (AvgIpc) is 1.60. The van der Waals surface area contributed by atoms with E-state index >= 15 is 0 Å². The molecule has 0 radical (unpaired) electrons. The molecule has 0 bridgehead atoms. The zero-order valence-corrected chi connectivity index (χ0v) is 10.7. The minimum absolute atomic E-state index is 0. The van der Waals surface area contributed by atoms with Crippen LogP contribution in [0.1, 0.15) is 6.42 Å². The third-order valence-corrected chi connectivity index (χ3v) is 0.718. The van der Waals surface area contributed by atoms with Gasteiger partial charge < -0.3 is 30.0 Å². The molecule has 0 aromatic heterocycles. The summed E-state index contributed by atoms with van der Waals surface area (Å²) in [5.41, 5.74) is 0. The molecule has 0 aromatic rings. The molecule has 0 spiro atoms. The van der Waals surface area contributed by atoms with Gasteiger partial charge in [-0.15, -0.1) is 0 Å². The summed E-state index contributed by atoms with van der Waals surface area (Å²) in [5.74, 6) is -7.48. The quantitative estimate of drug-likeness (QED) is 0.340. The van der Waals surface area contributed by atoms with Crippen LogP contribution in [0.4, 0.5) is 0 Å². The Morgan fingerprint density at radius 1 is 1.17 bits per heavy atom. The van der Waals surface area contributed by atoms with E-state index in [9.17, 15) is 19.8 Å². The molecule has 0 rings (SSSR count). The first-order valence-corrected chi connectivity index (χ1v) is 2.22. The number of carboxylic acids is 2. The fraction of sp³-hybridized carbons (Fsp3) is 0.500. The van der Waals surface area contributed by atoms with Gasteiger partial charge in [-0.3, -0.25) is 0 Å². The van der Waals surface area contributed by atoms with Crippen molar-refractivity contribution in [2.75, 3.05) is 0 Å².